The van der Waals surface area contributed by atoms with Crippen LogP contribution in [0.15, 0.2) is 47.5 Å². The van der Waals surface area contributed by atoms with Crippen molar-refractivity contribution in [2.24, 2.45) is 5.92 Å². The maximum absolute atomic E-state index is 12.8. The molecule has 3 aromatic heterocycles. The van der Waals surface area contributed by atoms with Gasteiger partial charge in [0.25, 0.3) is 11.5 Å². The standard InChI is InChI=1S/C26H28N6O4/c1-4-18-22(6-5-8-28-18)36-14-15(2)12-30-19-7-9-29-26(35)23(19)24-31-20-10-16(13-33)17(25(34)27-3)11-21(20)32-24/h5-11,13,15H,4,12,14H2,1-3H3,(H,27,34)(H,31,32)(H2,29,30,35). The number of hydrogen-bond donors (Lipinski definition) is 4. The second-order valence-electron chi connectivity index (χ2n) is 8.43. The van der Waals surface area contributed by atoms with Gasteiger partial charge in [0, 0.05) is 37.5 Å². The van der Waals surface area contributed by atoms with Crippen molar-refractivity contribution < 1.29 is 14.3 Å². The lowest BCUT2D eigenvalue weighted by Gasteiger charge is -2.17. The van der Waals surface area contributed by atoms with Gasteiger partial charge in [-0.15, -0.1) is 0 Å². The molecule has 1 unspecified atom stereocenters. The topological polar surface area (TPSA) is 142 Å². The Bertz CT molecular complexity index is 1460. The Morgan fingerprint density at radius 1 is 1.28 bits per heavy atom. The van der Waals surface area contributed by atoms with E-state index in [0.29, 0.717) is 47.5 Å². The fraction of sp³-hybridized carbons (Fsp3) is 0.269. The Morgan fingerprint density at radius 2 is 2.11 bits per heavy atom. The van der Waals surface area contributed by atoms with E-state index >= 15 is 0 Å². The van der Waals surface area contributed by atoms with Gasteiger partial charge in [-0.2, -0.15) is 0 Å². The molecule has 0 aliphatic heterocycles. The van der Waals surface area contributed by atoms with Crippen LogP contribution in [0.4, 0.5) is 5.69 Å². The highest BCUT2D eigenvalue weighted by Gasteiger charge is 2.18. The molecular formula is C26H28N6O4. The van der Waals surface area contributed by atoms with Gasteiger partial charge in [-0.25, -0.2) is 4.98 Å². The number of aldehydes is 1. The molecule has 10 heteroatoms. The predicted molar refractivity (Wildman–Crippen MR) is 138 cm³/mol. The lowest BCUT2D eigenvalue weighted by atomic mass is 10.1. The van der Waals surface area contributed by atoms with Crippen LogP contribution in [-0.4, -0.2) is 52.3 Å². The van der Waals surface area contributed by atoms with Gasteiger partial charge in [0.1, 0.15) is 17.1 Å². The molecule has 3 heterocycles. The molecule has 1 aromatic carbocycles. The van der Waals surface area contributed by atoms with Crippen molar-refractivity contribution in [3.05, 3.63) is 69.9 Å². The first-order chi connectivity index (χ1) is 17.4. The number of carbonyl (C=O) groups excluding carboxylic acids is 2. The van der Waals surface area contributed by atoms with Crippen LogP contribution in [0.25, 0.3) is 22.4 Å². The van der Waals surface area contributed by atoms with Gasteiger partial charge in [0.15, 0.2) is 6.29 Å². The molecule has 0 bridgehead atoms. The first-order valence-corrected chi connectivity index (χ1v) is 11.7. The van der Waals surface area contributed by atoms with Gasteiger partial charge in [0.05, 0.1) is 34.6 Å². The fourth-order valence-corrected chi connectivity index (χ4v) is 3.88. The van der Waals surface area contributed by atoms with Crippen LogP contribution in [0.1, 0.15) is 40.3 Å². The second kappa shape index (κ2) is 10.9. The zero-order valence-electron chi connectivity index (χ0n) is 20.3. The molecule has 0 spiro atoms. The van der Waals surface area contributed by atoms with Crippen molar-refractivity contribution in [1.82, 2.24) is 25.3 Å². The summed E-state index contributed by atoms with van der Waals surface area (Å²) in [6, 6.07) is 8.61. The van der Waals surface area contributed by atoms with Crippen LogP contribution in [0.2, 0.25) is 0 Å². The number of nitrogens with zero attached hydrogens (tertiary/aromatic N) is 2. The maximum Gasteiger partial charge on any atom is 0.261 e. The fourth-order valence-electron chi connectivity index (χ4n) is 3.88. The molecule has 0 fully saturated rings. The summed E-state index contributed by atoms with van der Waals surface area (Å²) >= 11 is 0. The van der Waals surface area contributed by atoms with Crippen molar-refractivity contribution >= 4 is 28.9 Å². The van der Waals surface area contributed by atoms with E-state index in [9.17, 15) is 14.4 Å². The number of aromatic amines is 2. The Morgan fingerprint density at radius 3 is 2.86 bits per heavy atom. The number of amides is 1. The number of imidazole rings is 1. The molecule has 4 rings (SSSR count). The molecule has 10 nitrogen and oxygen atoms in total. The molecule has 0 aliphatic rings. The third-order valence-electron chi connectivity index (χ3n) is 5.80. The number of rotatable bonds is 10. The highest BCUT2D eigenvalue weighted by molar-refractivity contribution is 6.05. The largest absolute Gasteiger partial charge is 0.491 e. The molecule has 1 atom stereocenters. The number of H-pyrrole nitrogens is 2. The summed E-state index contributed by atoms with van der Waals surface area (Å²) in [7, 11) is 1.49. The number of nitrogens with one attached hydrogen (secondary N) is 4. The lowest BCUT2D eigenvalue weighted by Crippen LogP contribution is -2.21. The summed E-state index contributed by atoms with van der Waals surface area (Å²) < 4.78 is 5.97. The van der Waals surface area contributed by atoms with Gasteiger partial charge >= 0.3 is 0 Å². The zero-order valence-corrected chi connectivity index (χ0v) is 20.3. The number of aromatic nitrogens is 4. The Hall–Kier alpha value is -4.47. The molecule has 0 radical (unpaired) electrons. The Balaban J connectivity index is 1.56. The summed E-state index contributed by atoms with van der Waals surface area (Å²) in [5.41, 5.74) is 2.97. The minimum absolute atomic E-state index is 0.128. The normalized spacial score (nSPS) is 11.8. The van der Waals surface area contributed by atoms with Crippen LogP contribution in [0.3, 0.4) is 0 Å². The summed E-state index contributed by atoms with van der Waals surface area (Å²) in [6.45, 7) is 5.11. The monoisotopic (exact) mass is 488 g/mol. The van der Waals surface area contributed by atoms with E-state index in [-0.39, 0.29) is 22.6 Å². The zero-order chi connectivity index (χ0) is 25.7. The maximum atomic E-state index is 12.8. The number of benzene rings is 1. The second-order valence-corrected chi connectivity index (χ2v) is 8.43. The summed E-state index contributed by atoms with van der Waals surface area (Å²) in [6.07, 6.45) is 4.72. The molecule has 1 amide bonds. The van der Waals surface area contributed by atoms with E-state index in [1.54, 1.807) is 24.5 Å². The molecule has 4 aromatic rings. The van der Waals surface area contributed by atoms with E-state index < -0.39 is 5.91 Å². The van der Waals surface area contributed by atoms with Crippen molar-refractivity contribution in [1.29, 1.82) is 0 Å². The first-order valence-electron chi connectivity index (χ1n) is 11.7. The van der Waals surface area contributed by atoms with E-state index in [4.69, 9.17) is 4.74 Å². The summed E-state index contributed by atoms with van der Waals surface area (Å²) in [5, 5.41) is 5.84. The smallest absolute Gasteiger partial charge is 0.261 e. The van der Waals surface area contributed by atoms with Gasteiger partial charge in [0.2, 0.25) is 0 Å². The highest BCUT2D eigenvalue weighted by Crippen LogP contribution is 2.26. The number of aryl methyl sites for hydroxylation is 1. The van der Waals surface area contributed by atoms with Crippen molar-refractivity contribution in [3.8, 4) is 17.1 Å². The van der Waals surface area contributed by atoms with Crippen molar-refractivity contribution in [2.45, 2.75) is 20.3 Å². The number of carbonyl (C=O) groups is 2. The van der Waals surface area contributed by atoms with Crippen molar-refractivity contribution in [3.63, 3.8) is 0 Å². The van der Waals surface area contributed by atoms with E-state index in [1.165, 1.54) is 13.1 Å². The number of ether oxygens (including phenoxy) is 1. The van der Waals surface area contributed by atoms with Crippen molar-refractivity contribution in [2.75, 3.05) is 25.5 Å². The van der Waals surface area contributed by atoms with Crippen LogP contribution in [0, 0.1) is 5.92 Å². The average Bonchev–Trinajstić information content (AvgIpc) is 3.31. The summed E-state index contributed by atoms with van der Waals surface area (Å²) in [4.78, 5) is 51.1. The minimum atomic E-state index is -0.392. The predicted octanol–water partition coefficient (Wildman–Crippen LogP) is 3.17. The molecule has 0 saturated heterocycles. The van der Waals surface area contributed by atoms with Crippen LogP contribution < -0.4 is 20.9 Å². The van der Waals surface area contributed by atoms with E-state index in [0.717, 1.165) is 17.9 Å². The van der Waals surface area contributed by atoms with E-state index in [2.05, 4.69) is 30.6 Å². The molecule has 0 saturated carbocycles. The third-order valence-corrected chi connectivity index (χ3v) is 5.80. The molecule has 186 valence electrons. The lowest BCUT2D eigenvalue weighted by molar-refractivity contribution is 0.0957. The van der Waals surface area contributed by atoms with Crippen LogP contribution in [-0.2, 0) is 6.42 Å². The number of fused-ring (bicyclic) bond motifs is 1. The highest BCUT2D eigenvalue weighted by atomic mass is 16.5. The molecule has 36 heavy (non-hydrogen) atoms. The van der Waals surface area contributed by atoms with Gasteiger partial charge in [-0.3, -0.25) is 19.4 Å². The van der Waals surface area contributed by atoms with Gasteiger partial charge < -0.3 is 25.3 Å². The SMILES string of the molecule is CCc1ncccc1OCC(C)CNc1cc[nH]c(=O)c1-c1nc2cc(C(=O)NC)c(C=O)cc2[nH]1. The quantitative estimate of drug-likeness (QED) is 0.251. The van der Waals surface area contributed by atoms with Crippen LogP contribution >= 0.6 is 0 Å². The Kier molecular flexibility index (Phi) is 7.43. The molecular weight excluding hydrogens is 460 g/mol. The summed E-state index contributed by atoms with van der Waals surface area (Å²) in [5.74, 6) is 0.837. The molecule has 0 aliphatic carbocycles. The van der Waals surface area contributed by atoms with E-state index in [1.807, 2.05) is 26.0 Å². The van der Waals surface area contributed by atoms with Crippen LogP contribution in [0.5, 0.6) is 5.75 Å². The molecule has 4 N–H and O–H groups in total. The number of anilines is 1. The van der Waals surface area contributed by atoms with Gasteiger partial charge in [-0.1, -0.05) is 13.8 Å². The number of pyridine rings is 2. The number of hydrogen-bond acceptors (Lipinski definition) is 7. The first kappa shape index (κ1) is 24.6. The minimum Gasteiger partial charge on any atom is -0.491 e. The van der Waals surface area contributed by atoms with Gasteiger partial charge in [-0.05, 0) is 36.8 Å². The Labute approximate surface area is 207 Å². The average molecular weight is 489 g/mol. The third kappa shape index (κ3) is 5.12.